The molecular formula is C16H32N2O3S. The highest BCUT2D eigenvalue weighted by Crippen LogP contribution is 2.24. The van der Waals surface area contributed by atoms with Crippen LogP contribution in [0.4, 0.5) is 4.79 Å². The first-order valence-corrected chi connectivity index (χ1v) is 9.15. The lowest BCUT2D eigenvalue weighted by molar-refractivity contribution is 0.0222. The summed E-state index contributed by atoms with van der Waals surface area (Å²) >= 11 is 0. The number of amides is 1. The SMILES string of the molecule is CC1(NS(=O)C(C)(C)C)CCCCN(C(=O)OC(C)(C)C)C1. The van der Waals surface area contributed by atoms with E-state index in [2.05, 4.69) is 4.72 Å². The van der Waals surface area contributed by atoms with E-state index in [1.54, 1.807) is 4.90 Å². The predicted octanol–water partition coefficient (Wildman–Crippen LogP) is 3.22. The second-order valence-corrected chi connectivity index (χ2v) is 10.4. The maximum atomic E-state index is 12.4. The lowest BCUT2D eigenvalue weighted by atomic mass is 9.98. The minimum atomic E-state index is -1.16. The van der Waals surface area contributed by atoms with E-state index in [-0.39, 0.29) is 16.4 Å². The van der Waals surface area contributed by atoms with Gasteiger partial charge in [-0.05, 0) is 67.7 Å². The molecule has 2 atom stereocenters. The summed E-state index contributed by atoms with van der Waals surface area (Å²) in [6.07, 6.45) is 2.56. The fourth-order valence-corrected chi connectivity index (χ4v) is 3.26. The molecule has 1 saturated heterocycles. The summed E-state index contributed by atoms with van der Waals surface area (Å²) in [5, 5.41) is 0. The monoisotopic (exact) mass is 332 g/mol. The van der Waals surface area contributed by atoms with Gasteiger partial charge < -0.3 is 9.64 Å². The maximum absolute atomic E-state index is 12.4. The number of carbonyl (C=O) groups excluding carboxylic acids is 1. The van der Waals surface area contributed by atoms with Gasteiger partial charge in [0.15, 0.2) is 0 Å². The van der Waals surface area contributed by atoms with Crippen molar-refractivity contribution >= 4 is 17.1 Å². The van der Waals surface area contributed by atoms with E-state index in [1.165, 1.54) is 0 Å². The zero-order valence-corrected chi connectivity index (χ0v) is 15.9. The number of nitrogens with zero attached hydrogens (tertiary/aromatic N) is 1. The molecule has 1 aliphatic heterocycles. The summed E-state index contributed by atoms with van der Waals surface area (Å²) in [6.45, 7) is 14.7. The van der Waals surface area contributed by atoms with Crippen molar-refractivity contribution in [2.75, 3.05) is 13.1 Å². The molecular weight excluding hydrogens is 300 g/mol. The number of hydrogen-bond acceptors (Lipinski definition) is 3. The third-order valence-electron chi connectivity index (χ3n) is 3.49. The van der Waals surface area contributed by atoms with E-state index in [0.29, 0.717) is 13.1 Å². The van der Waals surface area contributed by atoms with Crippen LogP contribution in [0.5, 0.6) is 0 Å². The Kier molecular flexibility index (Phi) is 6.07. The minimum Gasteiger partial charge on any atom is -0.444 e. The van der Waals surface area contributed by atoms with E-state index >= 15 is 0 Å². The summed E-state index contributed by atoms with van der Waals surface area (Å²) in [4.78, 5) is 14.1. The fourth-order valence-electron chi connectivity index (χ4n) is 2.34. The smallest absolute Gasteiger partial charge is 0.410 e. The fraction of sp³-hybridized carbons (Fsp3) is 0.938. The van der Waals surface area contributed by atoms with Crippen LogP contribution in [0.15, 0.2) is 0 Å². The summed E-state index contributed by atoms with van der Waals surface area (Å²) in [5.74, 6) is 0. The first kappa shape index (κ1) is 19.4. The van der Waals surface area contributed by atoms with Crippen LogP contribution in [-0.2, 0) is 15.7 Å². The molecule has 2 unspecified atom stereocenters. The Morgan fingerprint density at radius 3 is 2.27 bits per heavy atom. The molecule has 0 aromatic heterocycles. The van der Waals surface area contributed by atoms with E-state index in [9.17, 15) is 9.00 Å². The molecule has 0 aliphatic carbocycles. The van der Waals surface area contributed by atoms with Crippen molar-refractivity contribution in [2.45, 2.75) is 83.6 Å². The van der Waals surface area contributed by atoms with Gasteiger partial charge >= 0.3 is 6.09 Å². The molecule has 5 nitrogen and oxygen atoms in total. The first-order chi connectivity index (χ1) is 9.82. The average molecular weight is 333 g/mol. The standard InChI is InChI=1S/C16H32N2O3S/c1-14(2,3)21-13(19)18-11-9-8-10-16(7,12-18)17-22(20)15(4,5)6/h17H,8-12H2,1-7H3. The second kappa shape index (κ2) is 6.87. The Labute approximate surface area is 137 Å². The molecule has 22 heavy (non-hydrogen) atoms. The lowest BCUT2D eigenvalue weighted by Crippen LogP contribution is -2.55. The van der Waals surface area contributed by atoms with Crippen molar-refractivity contribution < 1.29 is 13.7 Å². The molecule has 0 aromatic rings. The molecule has 0 spiro atoms. The first-order valence-electron chi connectivity index (χ1n) is 8.00. The molecule has 1 N–H and O–H groups in total. The van der Waals surface area contributed by atoms with Crippen LogP contribution in [0.3, 0.4) is 0 Å². The summed E-state index contributed by atoms with van der Waals surface area (Å²) in [7, 11) is -1.16. The Bertz CT molecular complexity index is 426. The number of carbonyl (C=O) groups is 1. The van der Waals surface area contributed by atoms with Crippen LogP contribution < -0.4 is 4.72 Å². The van der Waals surface area contributed by atoms with Gasteiger partial charge in [0.2, 0.25) is 0 Å². The van der Waals surface area contributed by atoms with Crippen molar-refractivity contribution in [3.8, 4) is 0 Å². The van der Waals surface area contributed by atoms with E-state index in [0.717, 1.165) is 19.3 Å². The van der Waals surface area contributed by atoms with Gasteiger partial charge in [-0.1, -0.05) is 0 Å². The van der Waals surface area contributed by atoms with Crippen molar-refractivity contribution in [3.63, 3.8) is 0 Å². The zero-order valence-electron chi connectivity index (χ0n) is 15.1. The molecule has 0 saturated carbocycles. The van der Waals surface area contributed by atoms with Crippen molar-refractivity contribution in [2.24, 2.45) is 0 Å². The normalized spacial score (nSPS) is 25.5. The van der Waals surface area contributed by atoms with E-state index in [1.807, 2.05) is 48.5 Å². The average Bonchev–Trinajstić information content (AvgIpc) is 2.47. The van der Waals surface area contributed by atoms with Crippen LogP contribution in [0.1, 0.15) is 67.7 Å². The van der Waals surface area contributed by atoms with Crippen LogP contribution >= 0.6 is 0 Å². The van der Waals surface area contributed by atoms with Crippen LogP contribution in [0.25, 0.3) is 0 Å². The Hall–Kier alpha value is -0.620. The van der Waals surface area contributed by atoms with Gasteiger partial charge in [-0.2, -0.15) is 0 Å². The Balaban J connectivity index is 2.80. The number of nitrogens with one attached hydrogen (secondary N) is 1. The van der Waals surface area contributed by atoms with Gasteiger partial charge in [0.1, 0.15) is 5.60 Å². The molecule has 1 rings (SSSR count). The lowest BCUT2D eigenvalue weighted by Gasteiger charge is -2.36. The van der Waals surface area contributed by atoms with Crippen molar-refractivity contribution in [1.29, 1.82) is 0 Å². The molecule has 0 bridgehead atoms. The van der Waals surface area contributed by atoms with Gasteiger partial charge in [-0.3, -0.25) is 0 Å². The number of hydrogen-bond donors (Lipinski definition) is 1. The number of ether oxygens (including phenoxy) is 1. The van der Waals surface area contributed by atoms with Crippen molar-refractivity contribution in [3.05, 3.63) is 0 Å². The summed E-state index contributed by atoms with van der Waals surface area (Å²) in [6, 6.07) is 0. The predicted molar refractivity (Wildman–Crippen MR) is 91.1 cm³/mol. The van der Waals surface area contributed by atoms with E-state index in [4.69, 9.17) is 4.74 Å². The van der Waals surface area contributed by atoms with Gasteiger partial charge in [0.25, 0.3) is 0 Å². The quantitative estimate of drug-likeness (QED) is 0.844. The topological polar surface area (TPSA) is 58.6 Å². The van der Waals surface area contributed by atoms with Gasteiger partial charge in [0, 0.05) is 18.6 Å². The third-order valence-corrected chi connectivity index (χ3v) is 5.28. The van der Waals surface area contributed by atoms with Crippen LogP contribution in [0.2, 0.25) is 0 Å². The highest BCUT2D eigenvalue weighted by molar-refractivity contribution is 7.84. The molecule has 1 aliphatic rings. The zero-order chi connectivity index (χ0) is 17.2. The van der Waals surface area contributed by atoms with Crippen LogP contribution in [-0.4, -0.2) is 44.2 Å². The largest absolute Gasteiger partial charge is 0.444 e. The molecule has 6 heteroatoms. The Morgan fingerprint density at radius 2 is 1.77 bits per heavy atom. The molecule has 1 amide bonds. The van der Waals surface area contributed by atoms with Crippen LogP contribution in [0, 0.1) is 0 Å². The van der Waals surface area contributed by atoms with Gasteiger partial charge in [0.05, 0.1) is 15.7 Å². The third kappa shape index (κ3) is 6.24. The molecule has 1 fully saturated rings. The molecule has 130 valence electrons. The highest BCUT2D eigenvalue weighted by Gasteiger charge is 2.36. The number of likely N-dealkylation sites (tertiary alicyclic amines) is 1. The molecule has 1 heterocycles. The maximum Gasteiger partial charge on any atom is 0.410 e. The van der Waals surface area contributed by atoms with E-state index < -0.39 is 16.6 Å². The highest BCUT2D eigenvalue weighted by atomic mass is 32.2. The molecule has 0 aromatic carbocycles. The summed E-state index contributed by atoms with van der Waals surface area (Å²) < 4.78 is 20.8. The Morgan fingerprint density at radius 1 is 1.18 bits per heavy atom. The van der Waals surface area contributed by atoms with Gasteiger partial charge in [-0.15, -0.1) is 0 Å². The molecule has 0 radical (unpaired) electrons. The minimum absolute atomic E-state index is 0.288. The van der Waals surface area contributed by atoms with Crippen molar-refractivity contribution in [1.82, 2.24) is 9.62 Å². The summed E-state index contributed by atoms with van der Waals surface area (Å²) in [5.41, 5.74) is -0.854. The number of rotatable bonds is 2. The second-order valence-electron chi connectivity index (χ2n) is 8.40. The van der Waals surface area contributed by atoms with Gasteiger partial charge in [-0.25, -0.2) is 13.7 Å².